The molecular formula is C29H52N2O2. The van der Waals surface area contributed by atoms with Gasteiger partial charge in [-0.1, -0.05) is 91.4 Å². The van der Waals surface area contributed by atoms with E-state index in [1.807, 2.05) is 6.08 Å². The minimum atomic E-state index is 0.164. The Morgan fingerprint density at radius 3 is 2.15 bits per heavy atom. The largest absolute Gasteiger partial charge is 0.339 e. The van der Waals surface area contributed by atoms with Crippen molar-refractivity contribution >= 4 is 11.8 Å². The molecule has 0 spiro atoms. The standard InChI is InChI=1S/C29H52N2O2/c1-6-16-24(10-5)27(18-8-3)31(23-9-4)28(32)22-15-14-21-26(17-7-2)30-29(33)25-19-12-11-13-20-25/h14-15,17,24-25,27H,6-13,16,18-23H2,1-5H3,(H,30,33)/b15-14-,26-17+/t24-,27?/m0/s1. The van der Waals surface area contributed by atoms with E-state index in [4.69, 9.17) is 0 Å². The van der Waals surface area contributed by atoms with Crippen molar-refractivity contribution in [2.24, 2.45) is 11.8 Å². The second-order valence-corrected chi connectivity index (χ2v) is 9.74. The number of carbonyl (C=O) groups excluding carboxylic acids is 2. The van der Waals surface area contributed by atoms with Crippen LogP contribution in [0.15, 0.2) is 23.9 Å². The maximum atomic E-state index is 13.2. The van der Waals surface area contributed by atoms with E-state index in [-0.39, 0.29) is 17.7 Å². The molecule has 33 heavy (non-hydrogen) atoms. The van der Waals surface area contributed by atoms with Gasteiger partial charge in [0.25, 0.3) is 0 Å². The summed E-state index contributed by atoms with van der Waals surface area (Å²) < 4.78 is 0. The maximum Gasteiger partial charge on any atom is 0.227 e. The van der Waals surface area contributed by atoms with Gasteiger partial charge in [-0.05, 0) is 44.4 Å². The van der Waals surface area contributed by atoms with Gasteiger partial charge in [-0.2, -0.15) is 0 Å². The Morgan fingerprint density at radius 1 is 0.909 bits per heavy atom. The predicted octanol–water partition coefficient (Wildman–Crippen LogP) is 7.55. The van der Waals surface area contributed by atoms with Crippen LogP contribution in [0.1, 0.15) is 125 Å². The van der Waals surface area contributed by atoms with Gasteiger partial charge in [-0.3, -0.25) is 9.59 Å². The molecule has 1 fully saturated rings. The molecule has 4 heteroatoms. The monoisotopic (exact) mass is 460 g/mol. The molecule has 1 aliphatic carbocycles. The van der Waals surface area contributed by atoms with Crippen LogP contribution in [0.4, 0.5) is 0 Å². The predicted molar refractivity (Wildman–Crippen MR) is 141 cm³/mol. The van der Waals surface area contributed by atoms with Crippen molar-refractivity contribution in [1.29, 1.82) is 0 Å². The highest BCUT2D eigenvalue weighted by Gasteiger charge is 2.27. The Hall–Kier alpha value is -1.58. The van der Waals surface area contributed by atoms with Crippen LogP contribution < -0.4 is 5.32 Å². The van der Waals surface area contributed by atoms with E-state index in [1.165, 1.54) is 19.3 Å². The molecule has 0 aliphatic heterocycles. The smallest absolute Gasteiger partial charge is 0.227 e. The molecule has 2 atom stereocenters. The highest BCUT2D eigenvalue weighted by atomic mass is 16.2. The summed E-state index contributed by atoms with van der Waals surface area (Å²) in [6.07, 6.45) is 20.5. The second kappa shape index (κ2) is 17.8. The molecule has 1 unspecified atom stereocenters. The van der Waals surface area contributed by atoms with Crippen LogP contribution in [0.2, 0.25) is 0 Å². The summed E-state index contributed by atoms with van der Waals surface area (Å²) in [5, 5.41) is 3.17. The number of nitrogens with zero attached hydrogens (tertiary/aromatic N) is 1. The van der Waals surface area contributed by atoms with Crippen LogP contribution >= 0.6 is 0 Å². The van der Waals surface area contributed by atoms with Crippen LogP contribution in [0.5, 0.6) is 0 Å². The summed E-state index contributed by atoms with van der Waals surface area (Å²) in [4.78, 5) is 28.0. The van der Waals surface area contributed by atoms with Crippen molar-refractivity contribution in [2.45, 2.75) is 131 Å². The Bertz CT molecular complexity index is 605. The Kier molecular flexibility index (Phi) is 15.9. The lowest BCUT2D eigenvalue weighted by molar-refractivity contribution is -0.134. The van der Waals surface area contributed by atoms with Crippen molar-refractivity contribution in [3.8, 4) is 0 Å². The molecule has 1 aliphatic rings. The number of hydrogen-bond acceptors (Lipinski definition) is 2. The third kappa shape index (κ3) is 10.9. The second-order valence-electron chi connectivity index (χ2n) is 9.74. The first-order valence-corrected chi connectivity index (χ1v) is 14.0. The molecule has 0 bridgehead atoms. The zero-order chi connectivity index (χ0) is 24.5. The van der Waals surface area contributed by atoms with E-state index in [1.54, 1.807) is 0 Å². The van der Waals surface area contributed by atoms with E-state index in [2.05, 4.69) is 57.0 Å². The third-order valence-electron chi connectivity index (χ3n) is 7.00. The van der Waals surface area contributed by atoms with Crippen molar-refractivity contribution in [3.05, 3.63) is 23.9 Å². The summed E-state index contributed by atoms with van der Waals surface area (Å²) in [5.74, 6) is 1.17. The number of nitrogens with one attached hydrogen (secondary N) is 1. The SMILES string of the molecule is CC/C=C(\C/C=C\CC(=O)N(CCC)C(CCC)[C@@H](CC)CCC)NC(=O)C1CCCCC1. The zero-order valence-corrected chi connectivity index (χ0v) is 22.3. The first-order valence-electron chi connectivity index (χ1n) is 14.0. The molecule has 4 nitrogen and oxygen atoms in total. The van der Waals surface area contributed by atoms with Crippen molar-refractivity contribution < 1.29 is 9.59 Å². The topological polar surface area (TPSA) is 49.4 Å². The van der Waals surface area contributed by atoms with Gasteiger partial charge in [0.2, 0.25) is 11.8 Å². The first-order chi connectivity index (χ1) is 16.0. The number of rotatable bonds is 16. The molecule has 0 aromatic heterocycles. The van der Waals surface area contributed by atoms with Crippen LogP contribution in [0.25, 0.3) is 0 Å². The lowest BCUT2D eigenvalue weighted by atomic mass is 9.88. The van der Waals surface area contributed by atoms with Gasteiger partial charge in [0, 0.05) is 37.0 Å². The van der Waals surface area contributed by atoms with Gasteiger partial charge < -0.3 is 10.2 Å². The number of carbonyl (C=O) groups is 2. The molecule has 0 aromatic rings. The lowest BCUT2D eigenvalue weighted by Crippen LogP contribution is -2.44. The fourth-order valence-electron chi connectivity index (χ4n) is 5.27. The summed E-state index contributed by atoms with van der Waals surface area (Å²) in [7, 11) is 0. The lowest BCUT2D eigenvalue weighted by Gasteiger charge is -2.37. The van der Waals surface area contributed by atoms with Crippen LogP contribution in [0.3, 0.4) is 0 Å². The van der Waals surface area contributed by atoms with Gasteiger partial charge in [0.15, 0.2) is 0 Å². The highest BCUT2D eigenvalue weighted by molar-refractivity contribution is 5.80. The highest BCUT2D eigenvalue weighted by Crippen LogP contribution is 2.26. The Morgan fingerprint density at radius 2 is 1.58 bits per heavy atom. The van der Waals surface area contributed by atoms with Gasteiger partial charge in [0.1, 0.15) is 0 Å². The normalized spacial score (nSPS) is 17.2. The average molecular weight is 461 g/mol. The fourth-order valence-corrected chi connectivity index (χ4v) is 5.27. The summed E-state index contributed by atoms with van der Waals surface area (Å²) in [5.41, 5.74) is 0.972. The van der Waals surface area contributed by atoms with Gasteiger partial charge in [0.05, 0.1) is 0 Å². The van der Waals surface area contributed by atoms with Gasteiger partial charge in [-0.15, -0.1) is 0 Å². The van der Waals surface area contributed by atoms with Gasteiger partial charge in [-0.25, -0.2) is 0 Å². The van der Waals surface area contributed by atoms with Crippen LogP contribution in [0, 0.1) is 11.8 Å². The van der Waals surface area contributed by atoms with E-state index >= 15 is 0 Å². The van der Waals surface area contributed by atoms with Crippen molar-refractivity contribution in [2.75, 3.05) is 6.54 Å². The quantitative estimate of drug-likeness (QED) is 0.242. The molecule has 190 valence electrons. The number of allylic oxidation sites excluding steroid dienone is 2. The zero-order valence-electron chi connectivity index (χ0n) is 22.3. The van der Waals surface area contributed by atoms with Crippen molar-refractivity contribution in [3.63, 3.8) is 0 Å². The molecule has 0 saturated heterocycles. The van der Waals surface area contributed by atoms with E-state index in [0.717, 1.165) is 70.0 Å². The summed E-state index contributed by atoms with van der Waals surface area (Å²) in [6.45, 7) is 11.8. The minimum Gasteiger partial charge on any atom is -0.339 e. The molecule has 1 rings (SSSR count). The molecule has 1 saturated carbocycles. The van der Waals surface area contributed by atoms with E-state index in [0.29, 0.717) is 24.8 Å². The molecule has 0 radical (unpaired) electrons. The van der Waals surface area contributed by atoms with Crippen LogP contribution in [-0.2, 0) is 9.59 Å². The molecule has 2 amide bonds. The minimum absolute atomic E-state index is 0.164. The summed E-state index contributed by atoms with van der Waals surface area (Å²) >= 11 is 0. The first kappa shape index (κ1) is 29.5. The Labute approximate surface area is 204 Å². The number of hydrogen-bond donors (Lipinski definition) is 1. The molecular weight excluding hydrogens is 408 g/mol. The molecule has 1 N–H and O–H groups in total. The van der Waals surface area contributed by atoms with E-state index in [9.17, 15) is 9.59 Å². The van der Waals surface area contributed by atoms with E-state index < -0.39 is 0 Å². The Balaban J connectivity index is 2.72. The van der Waals surface area contributed by atoms with Gasteiger partial charge >= 0.3 is 0 Å². The average Bonchev–Trinajstić information content (AvgIpc) is 2.83. The fraction of sp³-hybridized carbons (Fsp3) is 0.793. The molecule has 0 heterocycles. The number of amides is 2. The van der Waals surface area contributed by atoms with Crippen molar-refractivity contribution in [1.82, 2.24) is 10.2 Å². The third-order valence-corrected chi connectivity index (χ3v) is 7.00. The van der Waals surface area contributed by atoms with Crippen LogP contribution in [-0.4, -0.2) is 29.3 Å². The summed E-state index contributed by atoms with van der Waals surface area (Å²) in [6, 6.07) is 0.353. The molecule has 0 aromatic carbocycles. The maximum absolute atomic E-state index is 13.2.